The highest BCUT2D eigenvalue weighted by Gasteiger charge is 2.02. The zero-order valence-corrected chi connectivity index (χ0v) is 13.7. The van der Waals surface area contributed by atoms with E-state index in [0.717, 1.165) is 44.0 Å². The Labute approximate surface area is 134 Å². The number of anilines is 1. The Bertz CT molecular complexity index is 559. The Hall–Kier alpha value is -1.84. The number of benzene rings is 2. The summed E-state index contributed by atoms with van der Waals surface area (Å²) in [5.74, 6) is 0. The Morgan fingerprint density at radius 1 is 0.864 bits per heavy atom. The van der Waals surface area contributed by atoms with Gasteiger partial charge < -0.3 is 11.1 Å². The zero-order valence-electron chi connectivity index (χ0n) is 13.7. The molecule has 0 amide bonds. The molecule has 0 aliphatic carbocycles. The summed E-state index contributed by atoms with van der Waals surface area (Å²) in [4.78, 5) is 2.42. The van der Waals surface area contributed by atoms with Gasteiger partial charge in [0.15, 0.2) is 0 Å². The minimum atomic E-state index is 0.799. The lowest BCUT2D eigenvalue weighted by Crippen LogP contribution is -2.22. The van der Waals surface area contributed by atoms with Gasteiger partial charge in [-0.05, 0) is 35.8 Å². The van der Waals surface area contributed by atoms with Gasteiger partial charge in [-0.15, -0.1) is 0 Å². The number of nitrogens with two attached hydrogens (primary N) is 1. The van der Waals surface area contributed by atoms with Crippen LogP contribution < -0.4 is 11.1 Å². The average Bonchev–Trinajstić information content (AvgIpc) is 2.56. The second kappa shape index (κ2) is 8.57. The predicted octanol–water partition coefficient (Wildman–Crippen LogP) is 3.40. The molecule has 0 saturated carbocycles. The number of rotatable bonds is 8. The van der Waals surface area contributed by atoms with Crippen LogP contribution in [0.15, 0.2) is 48.5 Å². The topological polar surface area (TPSA) is 41.3 Å². The molecule has 22 heavy (non-hydrogen) atoms. The number of nitrogens with one attached hydrogen (secondary N) is 1. The third kappa shape index (κ3) is 4.86. The van der Waals surface area contributed by atoms with Crippen LogP contribution in [-0.2, 0) is 19.6 Å². The summed E-state index contributed by atoms with van der Waals surface area (Å²) in [6.07, 6.45) is 0. The van der Waals surface area contributed by atoms with Gasteiger partial charge in [0, 0.05) is 25.3 Å². The number of para-hydroxylation sites is 1. The largest absolute Gasteiger partial charge is 0.398 e. The second-order valence-corrected chi connectivity index (χ2v) is 5.58. The van der Waals surface area contributed by atoms with Crippen LogP contribution in [0.2, 0.25) is 0 Å². The van der Waals surface area contributed by atoms with Crippen molar-refractivity contribution in [3.05, 3.63) is 65.2 Å². The van der Waals surface area contributed by atoms with E-state index >= 15 is 0 Å². The standard InChI is InChI=1S/C19H27N3/c1-3-22(4-2)15-17-11-9-16(10-12-17)13-21-14-18-7-5-6-8-19(18)20/h5-12,21H,3-4,13-15,20H2,1-2H3. The maximum absolute atomic E-state index is 5.95. The smallest absolute Gasteiger partial charge is 0.0359 e. The van der Waals surface area contributed by atoms with Crippen molar-refractivity contribution in [1.29, 1.82) is 0 Å². The Morgan fingerprint density at radius 3 is 2.14 bits per heavy atom. The van der Waals surface area contributed by atoms with Crippen LogP contribution in [-0.4, -0.2) is 18.0 Å². The fourth-order valence-electron chi connectivity index (χ4n) is 2.50. The first-order valence-electron chi connectivity index (χ1n) is 8.07. The van der Waals surface area contributed by atoms with E-state index in [1.165, 1.54) is 11.1 Å². The molecule has 0 fully saturated rings. The summed E-state index contributed by atoms with van der Waals surface area (Å²) < 4.78 is 0. The van der Waals surface area contributed by atoms with Crippen LogP contribution in [0.1, 0.15) is 30.5 Å². The van der Waals surface area contributed by atoms with Crippen molar-refractivity contribution in [3.8, 4) is 0 Å². The molecule has 0 saturated heterocycles. The molecule has 0 aromatic heterocycles. The molecule has 2 aromatic carbocycles. The maximum atomic E-state index is 5.95. The van der Waals surface area contributed by atoms with Crippen LogP contribution >= 0.6 is 0 Å². The first-order valence-corrected chi connectivity index (χ1v) is 8.07. The molecule has 0 spiro atoms. The quantitative estimate of drug-likeness (QED) is 0.734. The molecule has 0 aliphatic heterocycles. The van der Waals surface area contributed by atoms with E-state index in [1.54, 1.807) is 0 Å². The molecular formula is C19H27N3. The van der Waals surface area contributed by atoms with Gasteiger partial charge in [0.25, 0.3) is 0 Å². The summed E-state index contributed by atoms with van der Waals surface area (Å²) in [6, 6.07) is 16.9. The number of nitrogens with zero attached hydrogens (tertiary/aromatic N) is 1. The summed E-state index contributed by atoms with van der Waals surface area (Å²) in [6.45, 7) is 9.29. The highest BCUT2D eigenvalue weighted by atomic mass is 15.1. The average molecular weight is 297 g/mol. The van der Waals surface area contributed by atoms with Gasteiger partial charge >= 0.3 is 0 Å². The molecule has 2 rings (SSSR count). The van der Waals surface area contributed by atoms with E-state index in [-0.39, 0.29) is 0 Å². The third-order valence-corrected chi connectivity index (χ3v) is 4.02. The number of nitrogen functional groups attached to an aromatic ring is 1. The highest BCUT2D eigenvalue weighted by molar-refractivity contribution is 5.46. The van der Waals surface area contributed by atoms with E-state index in [1.807, 2.05) is 18.2 Å². The molecule has 2 aromatic rings. The van der Waals surface area contributed by atoms with E-state index < -0.39 is 0 Å². The normalized spacial score (nSPS) is 11.0. The fourth-order valence-corrected chi connectivity index (χ4v) is 2.50. The number of hydrogen-bond donors (Lipinski definition) is 2. The SMILES string of the molecule is CCN(CC)Cc1ccc(CNCc2ccccc2N)cc1. The highest BCUT2D eigenvalue weighted by Crippen LogP contribution is 2.11. The molecule has 3 N–H and O–H groups in total. The summed E-state index contributed by atoms with van der Waals surface area (Å²) in [7, 11) is 0. The molecule has 118 valence electrons. The molecule has 0 bridgehead atoms. The van der Waals surface area contributed by atoms with Crippen molar-refractivity contribution in [1.82, 2.24) is 10.2 Å². The van der Waals surface area contributed by atoms with Crippen molar-refractivity contribution >= 4 is 5.69 Å². The lowest BCUT2D eigenvalue weighted by Gasteiger charge is -2.18. The van der Waals surface area contributed by atoms with Gasteiger partial charge in [-0.1, -0.05) is 56.3 Å². The van der Waals surface area contributed by atoms with E-state index in [2.05, 4.69) is 54.4 Å². The molecule has 0 aliphatic rings. The molecule has 0 unspecified atom stereocenters. The van der Waals surface area contributed by atoms with Gasteiger partial charge in [0.1, 0.15) is 0 Å². The van der Waals surface area contributed by atoms with Crippen molar-refractivity contribution in [2.45, 2.75) is 33.5 Å². The van der Waals surface area contributed by atoms with E-state index in [0.29, 0.717) is 0 Å². The van der Waals surface area contributed by atoms with Crippen molar-refractivity contribution in [2.75, 3.05) is 18.8 Å². The Kier molecular flexibility index (Phi) is 6.44. The minimum Gasteiger partial charge on any atom is -0.398 e. The summed E-state index contributed by atoms with van der Waals surface area (Å²) in [5.41, 5.74) is 10.6. The summed E-state index contributed by atoms with van der Waals surface area (Å²) in [5, 5.41) is 3.45. The van der Waals surface area contributed by atoms with E-state index in [9.17, 15) is 0 Å². The Balaban J connectivity index is 1.83. The molecule has 3 nitrogen and oxygen atoms in total. The second-order valence-electron chi connectivity index (χ2n) is 5.58. The van der Waals surface area contributed by atoms with Crippen molar-refractivity contribution < 1.29 is 0 Å². The lowest BCUT2D eigenvalue weighted by atomic mass is 10.1. The van der Waals surface area contributed by atoms with Gasteiger partial charge in [-0.3, -0.25) is 4.90 Å². The molecule has 0 radical (unpaired) electrons. The van der Waals surface area contributed by atoms with Crippen LogP contribution in [0.5, 0.6) is 0 Å². The van der Waals surface area contributed by atoms with E-state index in [4.69, 9.17) is 5.73 Å². The minimum absolute atomic E-state index is 0.799. The van der Waals surface area contributed by atoms with Gasteiger partial charge in [0.05, 0.1) is 0 Å². The number of hydrogen-bond acceptors (Lipinski definition) is 3. The van der Waals surface area contributed by atoms with Crippen molar-refractivity contribution in [2.24, 2.45) is 0 Å². The van der Waals surface area contributed by atoms with Crippen molar-refractivity contribution in [3.63, 3.8) is 0 Å². The summed E-state index contributed by atoms with van der Waals surface area (Å²) >= 11 is 0. The maximum Gasteiger partial charge on any atom is 0.0359 e. The molecule has 0 heterocycles. The molecular weight excluding hydrogens is 270 g/mol. The van der Waals surface area contributed by atoms with Crippen LogP contribution in [0.3, 0.4) is 0 Å². The van der Waals surface area contributed by atoms with Gasteiger partial charge in [-0.2, -0.15) is 0 Å². The zero-order chi connectivity index (χ0) is 15.8. The molecule has 0 atom stereocenters. The van der Waals surface area contributed by atoms with Gasteiger partial charge in [-0.25, -0.2) is 0 Å². The first-order chi connectivity index (χ1) is 10.7. The van der Waals surface area contributed by atoms with Crippen LogP contribution in [0, 0.1) is 0 Å². The molecule has 3 heteroatoms. The lowest BCUT2D eigenvalue weighted by molar-refractivity contribution is 0.296. The fraction of sp³-hybridized carbons (Fsp3) is 0.368. The van der Waals surface area contributed by atoms with Gasteiger partial charge in [0.2, 0.25) is 0 Å². The van der Waals surface area contributed by atoms with Crippen LogP contribution in [0.4, 0.5) is 5.69 Å². The first kappa shape index (κ1) is 16.5. The monoisotopic (exact) mass is 297 g/mol. The predicted molar refractivity (Wildman–Crippen MR) is 94.5 cm³/mol. The van der Waals surface area contributed by atoms with Crippen LogP contribution in [0.25, 0.3) is 0 Å². The third-order valence-electron chi connectivity index (χ3n) is 4.02. The Morgan fingerprint density at radius 2 is 1.50 bits per heavy atom.